The summed E-state index contributed by atoms with van der Waals surface area (Å²) in [5.74, 6) is -1.03. The predicted octanol–water partition coefficient (Wildman–Crippen LogP) is 3.11. The topological polar surface area (TPSA) is 98.7 Å². The molecule has 0 radical (unpaired) electrons. The summed E-state index contributed by atoms with van der Waals surface area (Å²) in [6.45, 7) is 5.52. The lowest BCUT2D eigenvalue weighted by molar-refractivity contribution is 0.00624. The summed E-state index contributed by atoms with van der Waals surface area (Å²) >= 11 is 0. The Morgan fingerprint density at radius 1 is 1.25 bits per heavy atom. The van der Waals surface area contributed by atoms with Gasteiger partial charge in [0.1, 0.15) is 11.3 Å². The van der Waals surface area contributed by atoms with Crippen LogP contribution in [0.2, 0.25) is 0 Å². The van der Waals surface area contributed by atoms with Crippen LogP contribution in [0.25, 0.3) is 5.52 Å². The van der Waals surface area contributed by atoms with Crippen LogP contribution in [0.4, 0.5) is 0 Å². The number of carbonyl (C=O) groups is 2. The van der Waals surface area contributed by atoms with Gasteiger partial charge in [-0.05, 0) is 57.2 Å². The molecule has 1 aliphatic carbocycles. The van der Waals surface area contributed by atoms with Gasteiger partial charge in [-0.3, -0.25) is 0 Å². The monoisotopic (exact) mass is 382 g/mol. The number of hydrogen-bond acceptors (Lipinski definition) is 5. The average Bonchev–Trinajstić information content (AvgIpc) is 3.22. The van der Waals surface area contributed by atoms with Gasteiger partial charge in [-0.2, -0.15) is 0 Å². The molecule has 8 heteroatoms. The highest BCUT2D eigenvalue weighted by atomic mass is 16.6. The first kappa shape index (κ1) is 18.2. The number of rotatable bonds is 5. The Morgan fingerprint density at radius 2 is 2.00 bits per heavy atom. The van der Waals surface area contributed by atoms with Crippen molar-refractivity contribution in [2.75, 3.05) is 0 Å². The normalized spacial score (nSPS) is 14.4. The Morgan fingerprint density at radius 3 is 2.64 bits per heavy atom. The number of carboxylic acids is 1. The Labute approximate surface area is 161 Å². The zero-order valence-corrected chi connectivity index (χ0v) is 16.0. The van der Waals surface area contributed by atoms with E-state index in [-0.39, 0.29) is 17.9 Å². The molecular weight excluding hydrogens is 360 g/mol. The maximum absolute atomic E-state index is 12.1. The van der Waals surface area contributed by atoms with Gasteiger partial charge in [0.05, 0.1) is 12.7 Å². The Bertz CT molecular complexity index is 1070. The van der Waals surface area contributed by atoms with E-state index in [1.54, 1.807) is 25.2 Å². The minimum atomic E-state index is -1.00. The van der Waals surface area contributed by atoms with E-state index in [1.807, 2.05) is 18.3 Å². The lowest BCUT2D eigenvalue weighted by atomic mass is 10.2. The summed E-state index contributed by atoms with van der Waals surface area (Å²) < 4.78 is 8.45. The van der Waals surface area contributed by atoms with Crippen molar-refractivity contribution in [1.82, 2.24) is 19.4 Å². The first-order valence-electron chi connectivity index (χ1n) is 9.22. The zero-order valence-electron chi connectivity index (χ0n) is 16.0. The van der Waals surface area contributed by atoms with Crippen molar-refractivity contribution in [1.29, 1.82) is 0 Å². The highest BCUT2D eigenvalue weighted by Crippen LogP contribution is 2.40. The van der Waals surface area contributed by atoms with Crippen molar-refractivity contribution in [3.8, 4) is 0 Å². The van der Waals surface area contributed by atoms with E-state index in [1.165, 1.54) is 10.9 Å². The number of aromatic nitrogens is 4. The summed E-state index contributed by atoms with van der Waals surface area (Å²) in [6, 6.07) is 5.82. The van der Waals surface area contributed by atoms with Gasteiger partial charge in [-0.25, -0.2) is 14.3 Å². The van der Waals surface area contributed by atoms with Crippen LogP contribution < -0.4 is 0 Å². The molecule has 1 N–H and O–H groups in total. The Hall–Kier alpha value is -3.16. The molecular formula is C20H22N4O4. The van der Waals surface area contributed by atoms with Crippen molar-refractivity contribution >= 4 is 17.5 Å². The number of nitrogens with zero attached hydrogens (tertiary/aromatic N) is 4. The second kappa shape index (κ2) is 6.47. The summed E-state index contributed by atoms with van der Waals surface area (Å²) in [6.07, 6.45) is 5.67. The smallest absolute Gasteiger partial charge is 0.361 e. The maximum atomic E-state index is 12.1. The van der Waals surface area contributed by atoms with Gasteiger partial charge in [0.15, 0.2) is 5.69 Å². The molecule has 1 saturated carbocycles. The molecule has 3 heterocycles. The van der Waals surface area contributed by atoms with E-state index < -0.39 is 17.5 Å². The maximum Gasteiger partial charge on any atom is 0.361 e. The highest BCUT2D eigenvalue weighted by molar-refractivity contribution is 5.90. The average molecular weight is 382 g/mol. The molecule has 0 amide bonds. The second-order valence-corrected chi connectivity index (χ2v) is 8.16. The lowest BCUT2D eigenvalue weighted by Gasteiger charge is -2.18. The van der Waals surface area contributed by atoms with E-state index in [4.69, 9.17) is 4.74 Å². The van der Waals surface area contributed by atoms with Crippen LogP contribution in [-0.2, 0) is 11.3 Å². The number of fused-ring (bicyclic) bond motifs is 1. The van der Waals surface area contributed by atoms with Crippen molar-refractivity contribution in [3.05, 3.63) is 53.1 Å². The molecule has 4 rings (SSSR count). The number of hydrogen-bond donors (Lipinski definition) is 1. The molecule has 0 aliphatic heterocycles. The molecule has 8 nitrogen and oxygen atoms in total. The van der Waals surface area contributed by atoms with Gasteiger partial charge in [0.2, 0.25) is 0 Å². The van der Waals surface area contributed by atoms with E-state index in [9.17, 15) is 14.7 Å². The minimum Gasteiger partial charge on any atom is -0.477 e. The summed E-state index contributed by atoms with van der Waals surface area (Å²) in [5, 5.41) is 17.6. The first-order chi connectivity index (χ1) is 13.2. The lowest BCUT2D eigenvalue weighted by Crippen LogP contribution is -2.24. The summed E-state index contributed by atoms with van der Waals surface area (Å²) in [7, 11) is 0. The highest BCUT2D eigenvalue weighted by Gasteiger charge is 2.26. The quantitative estimate of drug-likeness (QED) is 0.681. The molecule has 1 aliphatic rings. The van der Waals surface area contributed by atoms with E-state index in [0.29, 0.717) is 11.5 Å². The number of esters is 1. The van der Waals surface area contributed by atoms with Crippen LogP contribution in [0.5, 0.6) is 0 Å². The fourth-order valence-electron chi connectivity index (χ4n) is 3.23. The molecule has 0 spiro atoms. The fourth-order valence-corrected chi connectivity index (χ4v) is 3.23. The molecule has 3 aromatic rings. The van der Waals surface area contributed by atoms with Gasteiger partial charge in [-0.1, -0.05) is 11.3 Å². The van der Waals surface area contributed by atoms with Crippen LogP contribution in [0.1, 0.15) is 71.6 Å². The first-order valence-corrected chi connectivity index (χ1v) is 9.22. The molecule has 0 unspecified atom stereocenters. The Kier molecular flexibility index (Phi) is 4.21. The van der Waals surface area contributed by atoms with Crippen LogP contribution in [-0.4, -0.2) is 42.0 Å². The second-order valence-electron chi connectivity index (χ2n) is 8.16. The molecule has 0 saturated heterocycles. The molecule has 28 heavy (non-hydrogen) atoms. The SMILES string of the molecule is CC(C)(C)OC(=O)c1cn(Cc2cc3ccc(C4CC4)cn3c2C(=O)O)nn1. The van der Waals surface area contributed by atoms with Gasteiger partial charge in [0.25, 0.3) is 0 Å². The molecule has 0 bridgehead atoms. The van der Waals surface area contributed by atoms with Gasteiger partial charge >= 0.3 is 11.9 Å². The number of pyridine rings is 1. The third-order valence-corrected chi connectivity index (χ3v) is 4.60. The third kappa shape index (κ3) is 3.62. The van der Waals surface area contributed by atoms with Crippen molar-refractivity contribution in [2.45, 2.75) is 51.7 Å². The number of carbonyl (C=O) groups excluding carboxylic acids is 1. The molecule has 0 aromatic carbocycles. The number of ether oxygens (including phenoxy) is 1. The minimum absolute atomic E-state index is 0.0894. The number of aromatic carboxylic acids is 1. The van der Waals surface area contributed by atoms with Gasteiger partial charge in [-0.15, -0.1) is 5.10 Å². The Balaban J connectivity index is 1.64. The summed E-state index contributed by atoms with van der Waals surface area (Å²) in [5.41, 5.74) is 2.23. The molecule has 1 fully saturated rings. The third-order valence-electron chi connectivity index (χ3n) is 4.60. The van der Waals surface area contributed by atoms with Gasteiger partial charge < -0.3 is 14.2 Å². The molecule has 146 valence electrons. The van der Waals surface area contributed by atoms with Crippen LogP contribution in [0, 0.1) is 0 Å². The van der Waals surface area contributed by atoms with Crippen LogP contribution >= 0.6 is 0 Å². The van der Waals surface area contributed by atoms with Gasteiger partial charge in [0, 0.05) is 17.3 Å². The number of carboxylic acid groups (broad SMARTS) is 1. The van der Waals surface area contributed by atoms with E-state index in [2.05, 4.69) is 16.4 Å². The van der Waals surface area contributed by atoms with Crippen molar-refractivity contribution < 1.29 is 19.4 Å². The zero-order chi connectivity index (χ0) is 20.1. The van der Waals surface area contributed by atoms with E-state index in [0.717, 1.165) is 23.9 Å². The van der Waals surface area contributed by atoms with Crippen molar-refractivity contribution in [2.24, 2.45) is 0 Å². The molecule has 3 aromatic heterocycles. The van der Waals surface area contributed by atoms with E-state index >= 15 is 0 Å². The predicted molar refractivity (Wildman–Crippen MR) is 101 cm³/mol. The summed E-state index contributed by atoms with van der Waals surface area (Å²) in [4.78, 5) is 24.0. The van der Waals surface area contributed by atoms with Crippen LogP contribution in [0.3, 0.4) is 0 Å². The van der Waals surface area contributed by atoms with Crippen LogP contribution in [0.15, 0.2) is 30.6 Å². The van der Waals surface area contributed by atoms with Crippen molar-refractivity contribution in [3.63, 3.8) is 0 Å². The standard InChI is InChI=1S/C20H22N4O4/c1-20(2,3)28-19(27)16-11-23(22-21-16)9-14-8-15-7-6-13(12-4-5-12)10-24(15)17(14)18(25)26/h6-8,10-12H,4-5,9H2,1-3H3,(H,25,26). The molecule has 0 atom stereocenters. The largest absolute Gasteiger partial charge is 0.477 e. The fraction of sp³-hybridized carbons (Fsp3) is 0.400.